The van der Waals surface area contributed by atoms with Gasteiger partial charge in [-0.15, -0.1) is 0 Å². The number of H-pyrrole nitrogens is 1. The summed E-state index contributed by atoms with van der Waals surface area (Å²) in [5.41, 5.74) is 0.875. The van der Waals surface area contributed by atoms with Gasteiger partial charge in [0.05, 0.1) is 0 Å². The molecule has 0 aliphatic carbocycles. The highest BCUT2D eigenvalue weighted by atomic mass is 16.5. The molecule has 0 aliphatic heterocycles. The molecular formula is C11H13N3O3. The molecule has 6 heteroatoms. The van der Waals surface area contributed by atoms with Crippen LogP contribution >= 0.6 is 0 Å². The molecule has 2 heterocycles. The minimum atomic E-state index is -0.334. The molecule has 2 N–H and O–H groups in total. The van der Waals surface area contributed by atoms with Crippen molar-refractivity contribution in [2.24, 2.45) is 0 Å². The van der Waals surface area contributed by atoms with Gasteiger partial charge in [0.2, 0.25) is 0 Å². The second-order valence-electron chi connectivity index (χ2n) is 3.59. The van der Waals surface area contributed by atoms with Crippen molar-refractivity contribution >= 4 is 11.7 Å². The molecule has 0 bridgehead atoms. The molecule has 90 valence electrons. The van der Waals surface area contributed by atoms with E-state index in [-0.39, 0.29) is 11.7 Å². The Bertz CT molecular complexity index is 516. The first-order valence-electron chi connectivity index (χ1n) is 5.10. The minimum absolute atomic E-state index is 0.234. The highest BCUT2D eigenvalue weighted by molar-refractivity contribution is 6.01. The van der Waals surface area contributed by atoms with Crippen LogP contribution in [0.5, 0.6) is 0 Å². The fourth-order valence-electron chi connectivity index (χ4n) is 1.38. The monoisotopic (exact) mass is 235 g/mol. The molecule has 0 fully saturated rings. The molecule has 0 saturated carbocycles. The van der Waals surface area contributed by atoms with Gasteiger partial charge in [0.15, 0.2) is 11.6 Å². The van der Waals surface area contributed by atoms with Crippen LogP contribution in [0.25, 0.3) is 0 Å². The van der Waals surface area contributed by atoms with Crippen LogP contribution in [0.15, 0.2) is 22.6 Å². The Morgan fingerprint density at radius 3 is 3.06 bits per heavy atom. The first kappa shape index (κ1) is 11.4. The molecule has 2 rings (SSSR count). The van der Waals surface area contributed by atoms with E-state index in [4.69, 9.17) is 9.15 Å². The van der Waals surface area contributed by atoms with Crippen LogP contribution in [0.2, 0.25) is 0 Å². The zero-order chi connectivity index (χ0) is 12.3. The summed E-state index contributed by atoms with van der Waals surface area (Å²) in [6.45, 7) is 2.20. The average Bonchev–Trinajstić information content (AvgIpc) is 2.88. The molecule has 17 heavy (non-hydrogen) atoms. The predicted molar refractivity (Wildman–Crippen MR) is 60.7 cm³/mol. The van der Waals surface area contributed by atoms with E-state index < -0.39 is 0 Å². The van der Waals surface area contributed by atoms with Gasteiger partial charge >= 0.3 is 0 Å². The number of aromatic nitrogens is 2. The van der Waals surface area contributed by atoms with Gasteiger partial charge in [0.1, 0.15) is 12.4 Å². The molecule has 2 aromatic heterocycles. The molecule has 0 saturated heterocycles. The van der Waals surface area contributed by atoms with Gasteiger partial charge in [-0.3, -0.25) is 9.89 Å². The van der Waals surface area contributed by atoms with Crippen LogP contribution in [-0.2, 0) is 11.3 Å². The third-order valence-corrected chi connectivity index (χ3v) is 2.12. The Balaban J connectivity index is 2.03. The van der Waals surface area contributed by atoms with E-state index in [1.165, 1.54) is 0 Å². The lowest BCUT2D eigenvalue weighted by Gasteiger charge is -1.97. The number of furan rings is 1. The Morgan fingerprint density at radius 2 is 2.41 bits per heavy atom. The number of nitrogens with zero attached hydrogens (tertiary/aromatic N) is 1. The number of anilines is 1. The number of nitrogens with one attached hydrogen (secondary N) is 2. The minimum Gasteiger partial charge on any atom is -0.453 e. The Morgan fingerprint density at radius 1 is 1.59 bits per heavy atom. The van der Waals surface area contributed by atoms with E-state index in [1.807, 2.05) is 6.92 Å². The molecule has 0 unspecified atom stereocenters. The number of carbonyl (C=O) groups is 1. The fourth-order valence-corrected chi connectivity index (χ4v) is 1.38. The van der Waals surface area contributed by atoms with E-state index in [0.717, 1.165) is 5.69 Å². The molecule has 0 aromatic carbocycles. The lowest BCUT2D eigenvalue weighted by atomic mass is 10.4. The maximum Gasteiger partial charge on any atom is 0.292 e. The number of aryl methyl sites for hydroxylation is 1. The summed E-state index contributed by atoms with van der Waals surface area (Å²) in [6.07, 6.45) is 0. The number of amides is 1. The number of methoxy groups -OCH3 is 1. The molecule has 2 aromatic rings. The third-order valence-electron chi connectivity index (χ3n) is 2.12. The first-order valence-corrected chi connectivity index (χ1v) is 5.10. The zero-order valence-corrected chi connectivity index (χ0v) is 9.61. The van der Waals surface area contributed by atoms with Crippen LogP contribution in [0, 0.1) is 6.92 Å². The van der Waals surface area contributed by atoms with E-state index in [9.17, 15) is 4.79 Å². The molecule has 1 amide bonds. The smallest absolute Gasteiger partial charge is 0.292 e. The maximum atomic E-state index is 11.7. The molecule has 0 aliphatic rings. The lowest BCUT2D eigenvalue weighted by Crippen LogP contribution is -2.11. The highest BCUT2D eigenvalue weighted by Gasteiger charge is 2.12. The van der Waals surface area contributed by atoms with Crippen LogP contribution in [0.3, 0.4) is 0 Å². The molecular weight excluding hydrogens is 222 g/mol. The van der Waals surface area contributed by atoms with E-state index in [2.05, 4.69) is 15.5 Å². The SMILES string of the molecule is COCc1ccc(C(=O)Nc2cc(C)[nH]n2)o1. The predicted octanol–water partition coefficient (Wildman–Crippen LogP) is 1.71. The maximum absolute atomic E-state index is 11.7. The fraction of sp³-hybridized carbons (Fsp3) is 0.273. The van der Waals surface area contributed by atoms with Gasteiger partial charge in [-0.05, 0) is 19.1 Å². The van der Waals surface area contributed by atoms with E-state index >= 15 is 0 Å². The van der Waals surface area contributed by atoms with Gasteiger partial charge in [0, 0.05) is 18.9 Å². The number of carbonyl (C=O) groups excluding carboxylic acids is 1. The van der Waals surface area contributed by atoms with Gasteiger partial charge in [-0.25, -0.2) is 0 Å². The summed E-state index contributed by atoms with van der Waals surface area (Å²) in [4.78, 5) is 11.7. The van der Waals surface area contributed by atoms with Crippen molar-refractivity contribution in [3.05, 3.63) is 35.4 Å². The summed E-state index contributed by atoms with van der Waals surface area (Å²) in [7, 11) is 1.56. The average molecular weight is 235 g/mol. The normalized spacial score (nSPS) is 10.5. The van der Waals surface area contributed by atoms with Crippen LogP contribution in [0.1, 0.15) is 22.0 Å². The third kappa shape index (κ3) is 2.73. The van der Waals surface area contributed by atoms with Crippen molar-refractivity contribution in [1.82, 2.24) is 10.2 Å². The van der Waals surface area contributed by atoms with Gasteiger partial charge in [-0.2, -0.15) is 5.10 Å². The molecule has 0 spiro atoms. The van der Waals surface area contributed by atoms with Gasteiger partial charge < -0.3 is 14.5 Å². The van der Waals surface area contributed by atoms with Crippen LogP contribution in [0.4, 0.5) is 5.82 Å². The second-order valence-corrected chi connectivity index (χ2v) is 3.59. The molecule has 0 atom stereocenters. The van der Waals surface area contributed by atoms with Gasteiger partial charge in [0.25, 0.3) is 5.91 Å². The lowest BCUT2D eigenvalue weighted by molar-refractivity contribution is 0.0987. The molecule has 6 nitrogen and oxygen atoms in total. The summed E-state index contributed by atoms with van der Waals surface area (Å²) >= 11 is 0. The van der Waals surface area contributed by atoms with E-state index in [1.54, 1.807) is 25.3 Å². The summed E-state index contributed by atoms with van der Waals surface area (Å²) in [5.74, 6) is 0.976. The van der Waals surface area contributed by atoms with E-state index in [0.29, 0.717) is 18.2 Å². The highest BCUT2D eigenvalue weighted by Crippen LogP contribution is 2.11. The van der Waals surface area contributed by atoms with Crippen LogP contribution < -0.4 is 5.32 Å². The number of hydrogen-bond donors (Lipinski definition) is 2. The second kappa shape index (κ2) is 4.84. The topological polar surface area (TPSA) is 80.1 Å². The van der Waals surface area contributed by atoms with Crippen molar-refractivity contribution in [3.63, 3.8) is 0 Å². The molecule has 0 radical (unpaired) electrons. The zero-order valence-electron chi connectivity index (χ0n) is 9.61. The van der Waals surface area contributed by atoms with Crippen molar-refractivity contribution in [2.45, 2.75) is 13.5 Å². The number of aromatic amines is 1. The summed E-state index contributed by atoms with van der Waals surface area (Å²) in [5, 5.41) is 9.26. The first-order chi connectivity index (χ1) is 8.19. The van der Waals surface area contributed by atoms with Crippen molar-refractivity contribution < 1.29 is 13.9 Å². The Labute approximate surface area is 98.0 Å². The quantitative estimate of drug-likeness (QED) is 0.845. The van der Waals surface area contributed by atoms with Gasteiger partial charge in [-0.1, -0.05) is 0 Å². The van der Waals surface area contributed by atoms with Crippen molar-refractivity contribution in [3.8, 4) is 0 Å². The van der Waals surface area contributed by atoms with Crippen molar-refractivity contribution in [2.75, 3.05) is 12.4 Å². The Hall–Kier alpha value is -2.08. The number of ether oxygens (including phenoxy) is 1. The Kier molecular flexibility index (Phi) is 3.24. The summed E-state index contributed by atoms with van der Waals surface area (Å²) < 4.78 is 10.2. The summed E-state index contributed by atoms with van der Waals surface area (Å²) in [6, 6.07) is 5.04. The van der Waals surface area contributed by atoms with Crippen LogP contribution in [-0.4, -0.2) is 23.2 Å². The number of rotatable bonds is 4. The van der Waals surface area contributed by atoms with Crippen molar-refractivity contribution in [1.29, 1.82) is 0 Å². The number of hydrogen-bond acceptors (Lipinski definition) is 4. The largest absolute Gasteiger partial charge is 0.453 e. The standard InChI is InChI=1S/C11H13N3O3/c1-7-5-10(14-13-7)12-11(15)9-4-3-8(17-9)6-16-2/h3-5H,6H2,1-2H3,(H2,12,13,14,15).